The lowest BCUT2D eigenvalue weighted by Gasteiger charge is -2.43. The van der Waals surface area contributed by atoms with Crippen molar-refractivity contribution in [3.8, 4) is 5.75 Å². The molecule has 0 amide bonds. The lowest BCUT2D eigenvalue weighted by molar-refractivity contribution is 0.166. The van der Waals surface area contributed by atoms with Gasteiger partial charge >= 0.3 is 0 Å². The van der Waals surface area contributed by atoms with E-state index in [9.17, 15) is 0 Å². The van der Waals surface area contributed by atoms with Gasteiger partial charge in [0.25, 0.3) is 0 Å². The number of hydrogen-bond donors (Lipinski definition) is 1. The predicted octanol–water partition coefficient (Wildman–Crippen LogP) is 3.83. The molecule has 1 heterocycles. The van der Waals surface area contributed by atoms with E-state index in [0.29, 0.717) is 5.41 Å². The number of nitrogens with one attached hydrogen (secondary N) is 1. The van der Waals surface area contributed by atoms with Crippen LogP contribution in [0.3, 0.4) is 0 Å². The molecule has 3 rings (SSSR count). The van der Waals surface area contributed by atoms with Crippen molar-refractivity contribution in [2.75, 3.05) is 20.2 Å². The van der Waals surface area contributed by atoms with Crippen LogP contribution in [0.1, 0.15) is 11.1 Å². The highest BCUT2D eigenvalue weighted by Crippen LogP contribution is 2.34. The van der Waals surface area contributed by atoms with Gasteiger partial charge in [0.1, 0.15) is 5.75 Å². The maximum atomic E-state index is 5.31. The number of hydrogen-bond acceptors (Lipinski definition) is 2. The number of benzene rings is 2. The summed E-state index contributed by atoms with van der Waals surface area (Å²) in [4.78, 5) is 0. The molecule has 110 valence electrons. The molecule has 2 aromatic carbocycles. The van der Waals surface area contributed by atoms with Crippen LogP contribution >= 0.6 is 15.9 Å². The maximum Gasteiger partial charge on any atom is 0.133 e. The summed E-state index contributed by atoms with van der Waals surface area (Å²) in [5.41, 5.74) is 3.13. The molecule has 2 nitrogen and oxygen atoms in total. The van der Waals surface area contributed by atoms with E-state index in [4.69, 9.17) is 4.74 Å². The minimum atomic E-state index is 0.343. The molecular weight excluding hydrogens is 326 g/mol. The summed E-state index contributed by atoms with van der Waals surface area (Å²) in [7, 11) is 1.70. The Labute approximate surface area is 134 Å². The van der Waals surface area contributed by atoms with E-state index in [2.05, 4.69) is 63.7 Å². The lowest BCUT2D eigenvalue weighted by atomic mass is 9.72. The SMILES string of the molecule is COc1ccc(CC2(Cc3ccccc3)CNC2)cc1Br. The predicted molar refractivity (Wildman–Crippen MR) is 89.8 cm³/mol. The highest BCUT2D eigenvalue weighted by molar-refractivity contribution is 9.10. The highest BCUT2D eigenvalue weighted by atomic mass is 79.9. The molecule has 0 atom stereocenters. The van der Waals surface area contributed by atoms with Crippen molar-refractivity contribution >= 4 is 15.9 Å². The third kappa shape index (κ3) is 3.30. The van der Waals surface area contributed by atoms with Crippen LogP contribution in [0, 0.1) is 5.41 Å². The second-order valence-electron chi connectivity index (χ2n) is 5.91. The molecule has 0 saturated carbocycles. The molecule has 1 aliphatic heterocycles. The van der Waals surface area contributed by atoms with Crippen LogP contribution < -0.4 is 10.1 Å². The van der Waals surface area contributed by atoms with Crippen LogP contribution in [0.25, 0.3) is 0 Å². The van der Waals surface area contributed by atoms with Gasteiger partial charge in [0.05, 0.1) is 11.6 Å². The molecular formula is C18H20BrNO. The third-order valence-corrected chi connectivity index (χ3v) is 4.84. The van der Waals surface area contributed by atoms with Gasteiger partial charge in [-0.15, -0.1) is 0 Å². The van der Waals surface area contributed by atoms with Gasteiger partial charge in [-0.25, -0.2) is 0 Å². The average Bonchev–Trinajstić information content (AvgIpc) is 2.46. The lowest BCUT2D eigenvalue weighted by Crippen LogP contribution is -2.56. The molecule has 1 N–H and O–H groups in total. The van der Waals surface area contributed by atoms with Gasteiger partial charge in [0, 0.05) is 18.5 Å². The zero-order valence-electron chi connectivity index (χ0n) is 12.2. The van der Waals surface area contributed by atoms with Crippen molar-refractivity contribution in [3.63, 3.8) is 0 Å². The van der Waals surface area contributed by atoms with E-state index >= 15 is 0 Å². The van der Waals surface area contributed by atoms with Crippen molar-refractivity contribution in [2.24, 2.45) is 5.41 Å². The fourth-order valence-corrected chi connectivity index (χ4v) is 3.66. The van der Waals surface area contributed by atoms with Crippen molar-refractivity contribution in [2.45, 2.75) is 12.8 Å². The first-order valence-electron chi connectivity index (χ1n) is 7.28. The molecule has 21 heavy (non-hydrogen) atoms. The Balaban J connectivity index is 1.76. The first kappa shape index (κ1) is 14.6. The summed E-state index contributed by atoms with van der Waals surface area (Å²) >= 11 is 3.58. The first-order valence-corrected chi connectivity index (χ1v) is 8.07. The topological polar surface area (TPSA) is 21.3 Å². The zero-order valence-corrected chi connectivity index (χ0v) is 13.8. The van der Waals surface area contributed by atoms with Crippen LogP contribution in [0.5, 0.6) is 5.75 Å². The van der Waals surface area contributed by atoms with Gasteiger partial charge in [-0.3, -0.25) is 0 Å². The van der Waals surface area contributed by atoms with E-state index < -0.39 is 0 Å². The molecule has 0 aliphatic carbocycles. The third-order valence-electron chi connectivity index (χ3n) is 4.22. The monoisotopic (exact) mass is 345 g/mol. The van der Waals surface area contributed by atoms with Gasteiger partial charge in [0.2, 0.25) is 0 Å². The van der Waals surface area contributed by atoms with Crippen LogP contribution in [-0.2, 0) is 12.8 Å². The second kappa shape index (κ2) is 6.20. The van der Waals surface area contributed by atoms with E-state index in [-0.39, 0.29) is 0 Å². The van der Waals surface area contributed by atoms with Crippen LogP contribution in [0.2, 0.25) is 0 Å². The number of halogens is 1. The number of ether oxygens (including phenoxy) is 1. The Morgan fingerprint density at radius 2 is 1.76 bits per heavy atom. The molecule has 0 radical (unpaired) electrons. The molecule has 3 heteroatoms. The van der Waals surface area contributed by atoms with Crippen molar-refractivity contribution in [3.05, 3.63) is 64.1 Å². The molecule has 0 aromatic heterocycles. The minimum absolute atomic E-state index is 0.343. The van der Waals surface area contributed by atoms with E-state index in [1.165, 1.54) is 11.1 Å². The van der Waals surface area contributed by atoms with Gasteiger partial charge in [0.15, 0.2) is 0 Å². The molecule has 1 fully saturated rings. The van der Waals surface area contributed by atoms with Gasteiger partial charge in [-0.2, -0.15) is 0 Å². The number of methoxy groups -OCH3 is 1. The molecule has 0 bridgehead atoms. The van der Waals surface area contributed by atoms with Crippen molar-refractivity contribution in [1.82, 2.24) is 5.32 Å². The summed E-state index contributed by atoms with van der Waals surface area (Å²) in [6.07, 6.45) is 2.22. The molecule has 1 saturated heterocycles. The molecule has 2 aromatic rings. The maximum absolute atomic E-state index is 5.31. The zero-order chi connectivity index (χ0) is 14.7. The van der Waals surface area contributed by atoms with Crippen LogP contribution in [0.15, 0.2) is 53.0 Å². The normalized spacial score (nSPS) is 16.3. The standard InChI is InChI=1S/C18H20BrNO/c1-21-17-8-7-15(9-16(17)19)11-18(12-20-13-18)10-14-5-3-2-4-6-14/h2-9,20H,10-13H2,1H3. The Bertz CT molecular complexity index is 608. The van der Waals surface area contributed by atoms with Crippen molar-refractivity contribution < 1.29 is 4.74 Å². The molecule has 0 spiro atoms. The fraction of sp³-hybridized carbons (Fsp3) is 0.333. The van der Waals surface area contributed by atoms with Gasteiger partial charge in [-0.05, 0) is 52.0 Å². The van der Waals surface area contributed by atoms with Gasteiger partial charge < -0.3 is 10.1 Å². The Morgan fingerprint density at radius 3 is 2.33 bits per heavy atom. The van der Waals surface area contributed by atoms with Crippen LogP contribution in [0.4, 0.5) is 0 Å². The highest BCUT2D eigenvalue weighted by Gasteiger charge is 2.37. The Hall–Kier alpha value is -1.32. The van der Waals surface area contributed by atoms with Gasteiger partial charge in [-0.1, -0.05) is 36.4 Å². The molecule has 1 aliphatic rings. The Morgan fingerprint density at radius 1 is 1.05 bits per heavy atom. The van der Waals surface area contributed by atoms with E-state index in [1.54, 1.807) is 7.11 Å². The fourth-order valence-electron chi connectivity index (χ4n) is 3.07. The summed E-state index contributed by atoms with van der Waals surface area (Å²) in [5.74, 6) is 0.891. The first-order chi connectivity index (χ1) is 10.2. The average molecular weight is 346 g/mol. The van der Waals surface area contributed by atoms with E-state index in [1.807, 2.05) is 6.07 Å². The van der Waals surface area contributed by atoms with Crippen molar-refractivity contribution in [1.29, 1.82) is 0 Å². The summed E-state index contributed by atoms with van der Waals surface area (Å²) in [5, 5.41) is 3.44. The smallest absolute Gasteiger partial charge is 0.133 e. The largest absolute Gasteiger partial charge is 0.496 e. The molecule has 0 unspecified atom stereocenters. The number of rotatable bonds is 5. The van der Waals surface area contributed by atoms with Crippen LogP contribution in [-0.4, -0.2) is 20.2 Å². The minimum Gasteiger partial charge on any atom is -0.496 e. The quantitative estimate of drug-likeness (QED) is 0.888. The summed E-state index contributed by atoms with van der Waals surface area (Å²) in [6.45, 7) is 2.18. The summed E-state index contributed by atoms with van der Waals surface area (Å²) < 4.78 is 6.34. The summed E-state index contributed by atoms with van der Waals surface area (Å²) in [6, 6.07) is 17.2. The second-order valence-corrected chi connectivity index (χ2v) is 6.77. The Kier molecular flexibility index (Phi) is 4.32. The van der Waals surface area contributed by atoms with E-state index in [0.717, 1.165) is 36.2 Å².